The number of rotatable bonds is 6. The van der Waals surface area contributed by atoms with E-state index >= 15 is 0 Å². The van der Waals surface area contributed by atoms with Crippen LogP contribution in [0.5, 0.6) is 0 Å². The third-order valence-corrected chi connectivity index (χ3v) is 4.82. The van der Waals surface area contributed by atoms with Gasteiger partial charge >= 0.3 is 0 Å². The van der Waals surface area contributed by atoms with Crippen LogP contribution in [-0.2, 0) is 14.3 Å². The quantitative estimate of drug-likeness (QED) is 0.871. The fourth-order valence-corrected chi connectivity index (χ4v) is 3.53. The molecule has 1 aromatic carbocycles. The van der Waals surface area contributed by atoms with Crippen LogP contribution < -0.4 is 5.32 Å². The van der Waals surface area contributed by atoms with Crippen molar-refractivity contribution in [3.63, 3.8) is 0 Å². The molecule has 0 saturated carbocycles. The zero-order valence-corrected chi connectivity index (χ0v) is 14.1. The molecule has 24 heavy (non-hydrogen) atoms. The number of ether oxygens (including phenoxy) is 1. The zero-order valence-electron chi connectivity index (χ0n) is 14.1. The van der Waals surface area contributed by atoms with Gasteiger partial charge in [-0.2, -0.15) is 0 Å². The summed E-state index contributed by atoms with van der Waals surface area (Å²) in [6.45, 7) is 2.07. The fraction of sp³-hybridized carbons (Fsp3) is 0.579. The van der Waals surface area contributed by atoms with Gasteiger partial charge in [-0.3, -0.25) is 9.59 Å². The number of likely N-dealkylation sites (tertiary alicyclic amines) is 1. The highest BCUT2D eigenvalue weighted by atomic mass is 16.5. The first kappa shape index (κ1) is 17.0. The first-order valence-electron chi connectivity index (χ1n) is 8.99. The SMILES string of the molecule is O=C(NCC[C@@H]1CCCO1)[C@@H](c1ccccc1)N1CCCCC1=O. The van der Waals surface area contributed by atoms with E-state index in [4.69, 9.17) is 4.74 Å². The minimum atomic E-state index is -0.525. The van der Waals surface area contributed by atoms with Crippen LogP contribution in [0.25, 0.3) is 0 Å². The molecule has 2 atom stereocenters. The number of carbonyl (C=O) groups is 2. The van der Waals surface area contributed by atoms with E-state index in [9.17, 15) is 9.59 Å². The van der Waals surface area contributed by atoms with Crippen LogP contribution in [0.3, 0.4) is 0 Å². The molecule has 5 nitrogen and oxygen atoms in total. The number of hydrogen-bond donors (Lipinski definition) is 1. The Labute approximate surface area is 143 Å². The molecule has 130 valence electrons. The summed E-state index contributed by atoms with van der Waals surface area (Å²) in [7, 11) is 0. The first-order chi connectivity index (χ1) is 11.8. The van der Waals surface area contributed by atoms with Gasteiger partial charge in [0.05, 0.1) is 6.10 Å². The molecule has 3 rings (SSSR count). The van der Waals surface area contributed by atoms with Crippen molar-refractivity contribution in [2.75, 3.05) is 19.7 Å². The molecule has 2 aliphatic heterocycles. The predicted molar refractivity (Wildman–Crippen MR) is 91.3 cm³/mol. The van der Waals surface area contributed by atoms with Gasteiger partial charge in [-0.25, -0.2) is 0 Å². The van der Waals surface area contributed by atoms with E-state index in [0.29, 0.717) is 19.5 Å². The molecular weight excluding hydrogens is 304 g/mol. The summed E-state index contributed by atoms with van der Waals surface area (Å²) in [5, 5.41) is 3.01. The van der Waals surface area contributed by atoms with E-state index in [1.807, 2.05) is 30.3 Å². The third-order valence-electron chi connectivity index (χ3n) is 4.82. The smallest absolute Gasteiger partial charge is 0.247 e. The number of nitrogens with zero attached hydrogens (tertiary/aromatic N) is 1. The molecule has 0 unspecified atom stereocenters. The lowest BCUT2D eigenvalue weighted by atomic mass is 10.0. The van der Waals surface area contributed by atoms with Gasteiger partial charge in [-0.15, -0.1) is 0 Å². The minimum absolute atomic E-state index is 0.0735. The Balaban J connectivity index is 1.66. The van der Waals surface area contributed by atoms with Gasteiger partial charge in [-0.1, -0.05) is 30.3 Å². The number of hydrogen-bond acceptors (Lipinski definition) is 3. The molecule has 0 aromatic heterocycles. The van der Waals surface area contributed by atoms with Gasteiger partial charge in [0.1, 0.15) is 6.04 Å². The van der Waals surface area contributed by atoms with Gasteiger partial charge in [0, 0.05) is 26.1 Å². The molecule has 0 aliphatic carbocycles. The second-order valence-electron chi connectivity index (χ2n) is 6.57. The highest BCUT2D eigenvalue weighted by Crippen LogP contribution is 2.26. The predicted octanol–water partition coefficient (Wildman–Crippen LogP) is 2.43. The van der Waals surface area contributed by atoms with Crippen LogP contribution >= 0.6 is 0 Å². The second-order valence-corrected chi connectivity index (χ2v) is 6.57. The zero-order chi connectivity index (χ0) is 16.8. The van der Waals surface area contributed by atoms with E-state index in [2.05, 4.69) is 5.32 Å². The average molecular weight is 330 g/mol. The lowest BCUT2D eigenvalue weighted by Gasteiger charge is -2.34. The molecule has 2 amide bonds. The van der Waals surface area contributed by atoms with Crippen molar-refractivity contribution in [1.82, 2.24) is 10.2 Å². The Morgan fingerprint density at radius 1 is 1.25 bits per heavy atom. The lowest BCUT2D eigenvalue weighted by molar-refractivity contribution is -0.142. The Morgan fingerprint density at radius 3 is 2.79 bits per heavy atom. The van der Waals surface area contributed by atoms with Crippen molar-refractivity contribution < 1.29 is 14.3 Å². The molecule has 5 heteroatoms. The lowest BCUT2D eigenvalue weighted by Crippen LogP contribution is -2.46. The van der Waals surface area contributed by atoms with Crippen LogP contribution in [0.4, 0.5) is 0 Å². The first-order valence-corrected chi connectivity index (χ1v) is 8.99. The topological polar surface area (TPSA) is 58.6 Å². The monoisotopic (exact) mass is 330 g/mol. The van der Waals surface area contributed by atoms with E-state index < -0.39 is 6.04 Å². The Morgan fingerprint density at radius 2 is 2.08 bits per heavy atom. The van der Waals surface area contributed by atoms with Gasteiger partial charge < -0.3 is 15.0 Å². The summed E-state index contributed by atoms with van der Waals surface area (Å²) in [6.07, 6.45) is 5.68. The Kier molecular flexibility index (Phi) is 5.86. The summed E-state index contributed by atoms with van der Waals surface area (Å²) in [5.74, 6) is -0.0150. The molecule has 1 N–H and O–H groups in total. The van der Waals surface area contributed by atoms with E-state index in [1.54, 1.807) is 4.90 Å². The summed E-state index contributed by atoms with van der Waals surface area (Å²) in [6, 6.07) is 9.07. The maximum absolute atomic E-state index is 12.8. The van der Waals surface area contributed by atoms with Crippen LogP contribution in [0.1, 0.15) is 50.1 Å². The highest BCUT2D eigenvalue weighted by molar-refractivity contribution is 5.89. The molecule has 2 heterocycles. The van der Waals surface area contributed by atoms with Crippen molar-refractivity contribution in [3.8, 4) is 0 Å². The largest absolute Gasteiger partial charge is 0.378 e. The molecule has 2 aliphatic rings. The summed E-state index contributed by atoms with van der Waals surface area (Å²) in [4.78, 5) is 26.9. The van der Waals surface area contributed by atoms with Crippen molar-refractivity contribution in [3.05, 3.63) is 35.9 Å². The van der Waals surface area contributed by atoms with E-state index in [1.165, 1.54) is 0 Å². The number of benzene rings is 1. The molecule has 1 aromatic rings. The molecular formula is C19H26N2O3. The second kappa shape index (κ2) is 8.29. The minimum Gasteiger partial charge on any atom is -0.378 e. The number of nitrogens with one attached hydrogen (secondary N) is 1. The third kappa shape index (κ3) is 4.15. The Bertz CT molecular complexity index is 555. The van der Waals surface area contributed by atoms with Crippen molar-refractivity contribution in [2.24, 2.45) is 0 Å². The number of carbonyl (C=O) groups excluding carboxylic acids is 2. The van der Waals surface area contributed by atoms with Crippen molar-refractivity contribution in [1.29, 1.82) is 0 Å². The van der Waals surface area contributed by atoms with Crippen LogP contribution in [0.2, 0.25) is 0 Å². The maximum atomic E-state index is 12.8. The number of piperidine rings is 1. The Hall–Kier alpha value is -1.88. The summed E-state index contributed by atoms with van der Waals surface area (Å²) >= 11 is 0. The van der Waals surface area contributed by atoms with Crippen molar-refractivity contribution >= 4 is 11.8 Å². The standard InChI is InChI=1S/C19H26N2O3/c22-17-10-4-5-13-21(17)18(15-7-2-1-3-8-15)19(23)20-12-11-16-9-6-14-24-16/h1-3,7-8,16,18H,4-6,9-14H2,(H,20,23)/t16-,18+/m0/s1. The van der Waals surface area contributed by atoms with E-state index in [-0.39, 0.29) is 17.9 Å². The molecule has 2 saturated heterocycles. The van der Waals surface area contributed by atoms with Crippen LogP contribution in [0.15, 0.2) is 30.3 Å². The van der Waals surface area contributed by atoms with Gasteiger partial charge in [0.2, 0.25) is 11.8 Å². The van der Waals surface area contributed by atoms with Gasteiger partial charge in [0.25, 0.3) is 0 Å². The highest BCUT2D eigenvalue weighted by Gasteiger charge is 2.32. The summed E-state index contributed by atoms with van der Waals surface area (Å²) in [5.41, 5.74) is 0.877. The van der Waals surface area contributed by atoms with E-state index in [0.717, 1.165) is 44.3 Å². The molecule has 0 radical (unpaired) electrons. The normalized spacial score (nSPS) is 22.4. The van der Waals surface area contributed by atoms with Crippen LogP contribution in [0, 0.1) is 0 Å². The van der Waals surface area contributed by atoms with Gasteiger partial charge in [-0.05, 0) is 37.7 Å². The summed E-state index contributed by atoms with van der Waals surface area (Å²) < 4.78 is 5.60. The average Bonchev–Trinajstić information content (AvgIpc) is 3.11. The fourth-order valence-electron chi connectivity index (χ4n) is 3.53. The van der Waals surface area contributed by atoms with Crippen LogP contribution in [-0.4, -0.2) is 42.5 Å². The molecule has 0 bridgehead atoms. The molecule has 0 spiro atoms. The van der Waals surface area contributed by atoms with Crippen molar-refractivity contribution in [2.45, 2.75) is 50.7 Å². The number of amides is 2. The molecule has 2 fully saturated rings. The maximum Gasteiger partial charge on any atom is 0.247 e. The van der Waals surface area contributed by atoms with Gasteiger partial charge in [0.15, 0.2) is 0 Å².